The summed E-state index contributed by atoms with van der Waals surface area (Å²) in [5.41, 5.74) is 2.05. The Balaban J connectivity index is 2.11. The minimum absolute atomic E-state index is 0.000720. The van der Waals surface area contributed by atoms with Gasteiger partial charge in [-0.1, -0.05) is 11.6 Å². The highest BCUT2D eigenvalue weighted by Crippen LogP contribution is 2.46. The van der Waals surface area contributed by atoms with Gasteiger partial charge in [-0.05, 0) is 19.1 Å². The molecule has 0 amide bonds. The Morgan fingerprint density at radius 3 is 2.40 bits per heavy atom. The third-order valence-corrected chi connectivity index (χ3v) is 9.63. The predicted octanol–water partition coefficient (Wildman–Crippen LogP) is 3.42. The van der Waals surface area contributed by atoms with Crippen LogP contribution in [-0.2, 0) is 4.79 Å². The molecule has 8 heteroatoms. The van der Waals surface area contributed by atoms with Gasteiger partial charge in [0.05, 0.1) is 20.6 Å². The van der Waals surface area contributed by atoms with Crippen LogP contribution < -0.4 is 15.3 Å². The van der Waals surface area contributed by atoms with Gasteiger partial charge in [0.15, 0.2) is 5.78 Å². The highest BCUT2D eigenvalue weighted by Gasteiger charge is 2.36. The summed E-state index contributed by atoms with van der Waals surface area (Å²) in [7, 11) is 0. The van der Waals surface area contributed by atoms with Crippen LogP contribution in [0.1, 0.15) is 6.92 Å². The first kappa shape index (κ1) is 17.9. The fourth-order valence-electron chi connectivity index (χ4n) is 3.00. The second-order valence-corrected chi connectivity index (χ2v) is 11.0. The van der Waals surface area contributed by atoms with E-state index in [2.05, 4.69) is 0 Å². The van der Waals surface area contributed by atoms with Gasteiger partial charge in [-0.15, -0.1) is 47.0 Å². The van der Waals surface area contributed by atoms with Crippen molar-refractivity contribution < 1.29 is 4.79 Å². The highest BCUT2D eigenvalue weighted by atomic mass is 35.5. The molecule has 130 valence electrons. The molecule has 2 fully saturated rings. The molecule has 0 atom stereocenters. The van der Waals surface area contributed by atoms with Gasteiger partial charge in [-0.2, -0.15) is 4.74 Å². The molecule has 0 radical (unpaired) electrons. The standard InChI is InChI=1S/C17H14ClNO2S4/c1-9(20)13(16-22-4-5-23-16)14-11-8-10(18)2-3-12(11)19(21)15(14)17-24-6-7-25-17/h2-3,8H,4-7H2,1H3. The highest BCUT2D eigenvalue weighted by molar-refractivity contribution is 8.25. The van der Waals surface area contributed by atoms with Crippen molar-refractivity contribution in [2.75, 3.05) is 23.0 Å². The Labute approximate surface area is 167 Å². The number of halogens is 1. The van der Waals surface area contributed by atoms with E-state index in [4.69, 9.17) is 11.6 Å². The van der Waals surface area contributed by atoms with E-state index < -0.39 is 0 Å². The Morgan fingerprint density at radius 1 is 1.12 bits per heavy atom. The first-order chi connectivity index (χ1) is 12.1. The Hall–Kier alpha value is -0.470. The van der Waals surface area contributed by atoms with Crippen molar-refractivity contribution in [3.05, 3.63) is 58.7 Å². The summed E-state index contributed by atoms with van der Waals surface area (Å²) >= 11 is 13.0. The van der Waals surface area contributed by atoms with Gasteiger partial charge >= 0.3 is 0 Å². The second kappa shape index (κ2) is 7.27. The minimum atomic E-state index is -0.000720. The number of thioether (sulfide) groups is 4. The van der Waals surface area contributed by atoms with Crippen LogP contribution in [0.3, 0.4) is 0 Å². The van der Waals surface area contributed by atoms with Crippen LogP contribution in [-0.4, -0.2) is 28.8 Å². The van der Waals surface area contributed by atoms with Crippen LogP contribution >= 0.6 is 58.6 Å². The third kappa shape index (κ3) is 3.18. The molecule has 1 aromatic rings. The van der Waals surface area contributed by atoms with Crippen LogP contribution in [0.25, 0.3) is 5.57 Å². The first-order valence-corrected chi connectivity index (χ1v) is 12.1. The Morgan fingerprint density at radius 2 is 1.76 bits per heavy atom. The van der Waals surface area contributed by atoms with Crippen molar-refractivity contribution in [2.45, 2.75) is 6.92 Å². The summed E-state index contributed by atoms with van der Waals surface area (Å²) in [5, 5.41) is 15.0. The topological polar surface area (TPSA) is 43.1 Å². The zero-order chi connectivity index (χ0) is 17.6. The second-order valence-electron chi connectivity index (χ2n) is 5.58. The maximum absolute atomic E-state index is 13.1. The zero-order valence-electron chi connectivity index (χ0n) is 13.3. The lowest BCUT2D eigenvalue weighted by molar-refractivity contribution is -0.113. The van der Waals surface area contributed by atoms with Crippen molar-refractivity contribution in [3.8, 4) is 0 Å². The van der Waals surface area contributed by atoms with Gasteiger partial charge in [0.1, 0.15) is 4.24 Å². The van der Waals surface area contributed by atoms with Crippen LogP contribution in [0.5, 0.6) is 0 Å². The molecule has 25 heavy (non-hydrogen) atoms. The molecule has 0 saturated carbocycles. The lowest BCUT2D eigenvalue weighted by Gasteiger charge is -2.12. The maximum Gasteiger partial charge on any atom is 0.246 e. The van der Waals surface area contributed by atoms with Crippen LogP contribution in [0.15, 0.2) is 37.9 Å². The molecule has 0 aromatic heterocycles. The maximum atomic E-state index is 13.1. The number of hydroxylamine groups is 1. The first-order valence-electron chi connectivity index (χ1n) is 7.73. The molecule has 4 rings (SSSR count). The van der Waals surface area contributed by atoms with Crippen LogP contribution in [0, 0.1) is 5.21 Å². The summed E-state index contributed by atoms with van der Waals surface area (Å²) in [6.07, 6.45) is 0. The molecular weight excluding hydrogens is 414 g/mol. The van der Waals surface area contributed by atoms with Crippen molar-refractivity contribution in [1.29, 1.82) is 0 Å². The smallest absolute Gasteiger partial charge is 0.246 e. The quantitative estimate of drug-likeness (QED) is 0.409. The molecule has 3 aliphatic heterocycles. The van der Waals surface area contributed by atoms with E-state index >= 15 is 0 Å². The van der Waals surface area contributed by atoms with Gasteiger partial charge in [0.25, 0.3) is 0 Å². The summed E-state index contributed by atoms with van der Waals surface area (Å²) < 4.78 is 3.01. The molecule has 0 spiro atoms. The van der Waals surface area contributed by atoms with E-state index in [-0.39, 0.29) is 5.78 Å². The molecule has 0 unspecified atom stereocenters. The number of hydrogen-bond acceptors (Lipinski definition) is 6. The number of ketones is 1. The summed E-state index contributed by atoms with van der Waals surface area (Å²) in [6.45, 7) is 1.59. The number of benzene rings is 1. The van der Waals surface area contributed by atoms with E-state index in [1.807, 2.05) is 6.07 Å². The molecule has 3 heterocycles. The molecule has 1 aromatic carbocycles. The number of Topliss-reactive ketones (excluding diaryl/α,β-unsaturated/α-hetero) is 1. The summed E-state index contributed by atoms with van der Waals surface area (Å²) in [6, 6.07) is 5.29. The normalized spacial score (nSPS) is 19.8. The number of rotatable bonds is 2. The molecule has 2 saturated heterocycles. The van der Waals surface area contributed by atoms with Gasteiger partial charge in [-0.3, -0.25) is 4.79 Å². The van der Waals surface area contributed by atoms with E-state index in [0.29, 0.717) is 21.7 Å². The van der Waals surface area contributed by atoms with E-state index in [9.17, 15) is 10.0 Å². The number of nitrogens with zero attached hydrogens (tertiary/aromatic N) is 1. The monoisotopic (exact) mass is 427 g/mol. The lowest BCUT2D eigenvalue weighted by atomic mass is 10.0. The SMILES string of the molecule is CC(=O)C(=C1SCCS1)C1=c2cc(Cl)ccc2=[N+]([O-])C1=C1SCCS1. The number of allylic oxidation sites excluding steroid dienone is 1. The van der Waals surface area contributed by atoms with Crippen molar-refractivity contribution in [2.24, 2.45) is 0 Å². The van der Waals surface area contributed by atoms with E-state index in [1.54, 1.807) is 66.1 Å². The molecule has 0 bridgehead atoms. The fraction of sp³-hybridized carbons (Fsp3) is 0.294. The molecule has 3 nitrogen and oxygen atoms in total. The van der Waals surface area contributed by atoms with Gasteiger partial charge in [0.2, 0.25) is 11.1 Å². The van der Waals surface area contributed by atoms with Crippen molar-refractivity contribution in [3.63, 3.8) is 0 Å². The van der Waals surface area contributed by atoms with E-state index in [1.165, 1.54) is 0 Å². The average Bonchev–Trinajstić information content (AvgIpc) is 3.30. The number of hydrogen-bond donors (Lipinski definition) is 0. The van der Waals surface area contributed by atoms with Crippen molar-refractivity contribution >= 4 is 70.0 Å². The van der Waals surface area contributed by atoms with Gasteiger partial charge in [0, 0.05) is 34.1 Å². The lowest BCUT2D eigenvalue weighted by Crippen LogP contribution is -2.30. The number of fused-ring (bicyclic) bond motifs is 1. The van der Waals surface area contributed by atoms with Crippen LogP contribution in [0.2, 0.25) is 5.02 Å². The third-order valence-electron chi connectivity index (χ3n) is 3.99. The fourth-order valence-corrected chi connectivity index (χ4v) is 8.33. The van der Waals surface area contributed by atoms with Crippen molar-refractivity contribution in [1.82, 2.24) is 4.74 Å². The number of carbonyl (C=O) groups is 1. The largest absolute Gasteiger partial charge is 0.618 e. The average molecular weight is 428 g/mol. The predicted molar refractivity (Wildman–Crippen MR) is 113 cm³/mol. The van der Waals surface area contributed by atoms with E-state index in [0.717, 1.165) is 47.0 Å². The summed E-state index contributed by atoms with van der Waals surface area (Å²) in [5.74, 6) is 3.94. The van der Waals surface area contributed by atoms with Crippen LogP contribution in [0.4, 0.5) is 0 Å². The molecular formula is C17H14ClNO2S4. The number of carbonyl (C=O) groups excluding carboxylic acids is 1. The Bertz CT molecular complexity index is 951. The molecule has 0 aliphatic carbocycles. The molecule has 0 N–H and O–H groups in total. The van der Waals surface area contributed by atoms with Gasteiger partial charge in [-0.25, -0.2) is 0 Å². The molecule has 3 aliphatic rings. The Kier molecular flexibility index (Phi) is 5.21. The van der Waals surface area contributed by atoms with Gasteiger partial charge < -0.3 is 5.21 Å². The summed E-state index contributed by atoms with van der Waals surface area (Å²) in [4.78, 5) is 12.6. The minimum Gasteiger partial charge on any atom is -0.618 e. The zero-order valence-corrected chi connectivity index (χ0v) is 17.4.